The average Bonchev–Trinajstić information content (AvgIpc) is 2.86. The summed E-state index contributed by atoms with van der Waals surface area (Å²) in [7, 11) is 0. The smallest absolute Gasteiger partial charge is 0.249 e. The van der Waals surface area contributed by atoms with Crippen molar-refractivity contribution < 1.29 is 20.1 Å². The number of unbranched alkanes of at least 4 members (excludes halogenated alkanes) is 15. The molecule has 1 amide bonds. The van der Waals surface area contributed by atoms with Gasteiger partial charge in [-0.05, 0) is 38.5 Å². The second-order valence-electron chi connectivity index (χ2n) is 9.95. The van der Waals surface area contributed by atoms with Gasteiger partial charge in [-0.1, -0.05) is 122 Å². The second-order valence-corrected chi connectivity index (χ2v) is 9.95. The van der Waals surface area contributed by atoms with E-state index >= 15 is 0 Å². The van der Waals surface area contributed by atoms with Gasteiger partial charge in [-0.3, -0.25) is 4.79 Å². The van der Waals surface area contributed by atoms with Crippen molar-refractivity contribution >= 4 is 5.91 Å². The molecule has 0 heterocycles. The van der Waals surface area contributed by atoms with E-state index in [1.54, 1.807) is 6.08 Å². The van der Waals surface area contributed by atoms with Gasteiger partial charge in [-0.15, -0.1) is 0 Å². The summed E-state index contributed by atoms with van der Waals surface area (Å²) in [5.74, 6) is -0.523. The van der Waals surface area contributed by atoms with E-state index in [0.29, 0.717) is 6.42 Å². The van der Waals surface area contributed by atoms with Crippen LogP contribution in [0, 0.1) is 0 Å². The molecule has 0 aromatic heterocycles. The Hall–Kier alpha value is -1.17. The molecule has 0 radical (unpaired) electrons. The lowest BCUT2D eigenvalue weighted by molar-refractivity contribution is -0.131. The molecule has 5 nitrogen and oxygen atoms in total. The van der Waals surface area contributed by atoms with Crippen molar-refractivity contribution in [2.24, 2.45) is 0 Å². The highest BCUT2D eigenvalue weighted by Gasteiger charge is 2.22. The van der Waals surface area contributed by atoms with Crippen LogP contribution in [0.2, 0.25) is 0 Å². The molecule has 0 bridgehead atoms. The fourth-order valence-electron chi connectivity index (χ4n) is 4.10. The van der Waals surface area contributed by atoms with Crippen LogP contribution in [0.4, 0.5) is 0 Å². The summed E-state index contributed by atoms with van der Waals surface area (Å²) in [4.78, 5) is 12.2. The quantitative estimate of drug-likeness (QED) is 0.0833. The number of nitrogens with one attached hydrogen (secondary N) is 1. The van der Waals surface area contributed by atoms with E-state index in [1.807, 2.05) is 6.08 Å². The van der Waals surface area contributed by atoms with Gasteiger partial charge in [0.25, 0.3) is 0 Å². The number of aliphatic hydroxyl groups excluding tert-OH is 3. The molecule has 5 heteroatoms. The number of aliphatic hydroxyl groups is 3. The Bertz CT molecular complexity index is 520. The first-order valence-corrected chi connectivity index (χ1v) is 14.7. The van der Waals surface area contributed by atoms with Gasteiger partial charge in [0.2, 0.25) is 5.91 Å². The van der Waals surface area contributed by atoms with Crippen molar-refractivity contribution in [1.29, 1.82) is 0 Å². The number of hydrogen-bond donors (Lipinski definition) is 4. The molecule has 0 aromatic carbocycles. The second kappa shape index (κ2) is 25.9. The Kier molecular flexibility index (Phi) is 25.0. The van der Waals surface area contributed by atoms with Crippen LogP contribution >= 0.6 is 0 Å². The van der Waals surface area contributed by atoms with E-state index in [9.17, 15) is 20.1 Å². The van der Waals surface area contributed by atoms with Crippen molar-refractivity contribution in [2.75, 3.05) is 6.61 Å². The Morgan fingerprint density at radius 1 is 0.686 bits per heavy atom. The Balaban J connectivity index is 3.89. The van der Waals surface area contributed by atoms with Gasteiger partial charge in [-0.2, -0.15) is 0 Å². The fraction of sp³-hybridized carbons (Fsp3) is 0.833. The minimum Gasteiger partial charge on any atom is -0.394 e. The number of carbonyl (C=O) groups is 1. The lowest BCUT2D eigenvalue weighted by Gasteiger charge is -2.21. The minimum atomic E-state index is -1.10. The molecule has 4 N–H and O–H groups in total. The van der Waals surface area contributed by atoms with Gasteiger partial charge >= 0.3 is 0 Å². The molecule has 206 valence electrons. The Labute approximate surface area is 216 Å². The zero-order valence-electron chi connectivity index (χ0n) is 22.9. The molecule has 35 heavy (non-hydrogen) atoms. The lowest BCUT2D eigenvalue weighted by Crippen LogP contribution is -2.48. The van der Waals surface area contributed by atoms with Crippen LogP contribution in [0.25, 0.3) is 0 Å². The third-order valence-corrected chi connectivity index (χ3v) is 6.54. The molecule has 0 aliphatic rings. The molecule has 0 spiro atoms. The Morgan fingerprint density at radius 2 is 1.17 bits per heavy atom. The van der Waals surface area contributed by atoms with Crippen LogP contribution in [0.15, 0.2) is 24.3 Å². The van der Waals surface area contributed by atoms with Crippen molar-refractivity contribution in [3.05, 3.63) is 24.3 Å². The normalized spacial score (nSPS) is 14.5. The van der Waals surface area contributed by atoms with Crippen molar-refractivity contribution in [3.8, 4) is 0 Å². The number of carbonyl (C=O) groups excluding carboxylic acids is 1. The maximum absolute atomic E-state index is 12.2. The van der Waals surface area contributed by atoms with Gasteiger partial charge < -0.3 is 20.6 Å². The van der Waals surface area contributed by atoms with Crippen LogP contribution in [-0.4, -0.2) is 46.1 Å². The van der Waals surface area contributed by atoms with Gasteiger partial charge in [0, 0.05) is 0 Å². The lowest BCUT2D eigenvalue weighted by atomic mass is 10.0. The number of hydrogen-bond acceptors (Lipinski definition) is 4. The standard InChI is InChI=1S/C30H57NO4/c1-3-5-7-9-11-13-14-15-17-18-20-22-24-28(33)27(26-32)31-30(35)29(34)25-23-21-19-16-12-10-8-6-4-2/h10,12,22,24,27-29,32-34H,3-9,11,13-21,23,25-26H2,1-2H3,(H,31,35)/b12-10-,24-22+. The average molecular weight is 496 g/mol. The Morgan fingerprint density at radius 3 is 1.74 bits per heavy atom. The van der Waals surface area contributed by atoms with Crippen molar-refractivity contribution in [1.82, 2.24) is 5.32 Å². The molecule has 3 atom stereocenters. The summed E-state index contributed by atoms with van der Waals surface area (Å²) in [6.45, 7) is 4.07. The number of rotatable bonds is 25. The number of allylic oxidation sites excluding steroid dienone is 3. The molecule has 0 aliphatic heterocycles. The molecule has 0 saturated carbocycles. The van der Waals surface area contributed by atoms with E-state index in [2.05, 4.69) is 31.3 Å². The van der Waals surface area contributed by atoms with Gasteiger partial charge in [0.1, 0.15) is 6.10 Å². The minimum absolute atomic E-state index is 0.368. The fourth-order valence-corrected chi connectivity index (χ4v) is 4.10. The van der Waals surface area contributed by atoms with Gasteiger partial charge in [0.15, 0.2) is 0 Å². The van der Waals surface area contributed by atoms with E-state index in [-0.39, 0.29) is 6.61 Å². The summed E-state index contributed by atoms with van der Waals surface area (Å²) < 4.78 is 0. The van der Waals surface area contributed by atoms with Crippen molar-refractivity contribution in [3.63, 3.8) is 0 Å². The van der Waals surface area contributed by atoms with E-state index < -0.39 is 24.2 Å². The van der Waals surface area contributed by atoms with Crippen molar-refractivity contribution in [2.45, 2.75) is 154 Å². The van der Waals surface area contributed by atoms with Crippen LogP contribution in [-0.2, 0) is 4.79 Å². The first-order valence-electron chi connectivity index (χ1n) is 14.7. The summed E-state index contributed by atoms with van der Waals surface area (Å²) in [6.07, 6.45) is 27.6. The van der Waals surface area contributed by atoms with Crippen LogP contribution in [0.5, 0.6) is 0 Å². The molecular formula is C30H57NO4. The molecule has 0 fully saturated rings. The predicted molar refractivity (Wildman–Crippen MR) is 148 cm³/mol. The van der Waals surface area contributed by atoms with E-state index in [1.165, 1.54) is 70.6 Å². The summed E-state index contributed by atoms with van der Waals surface area (Å²) in [6, 6.07) is -0.797. The maximum atomic E-state index is 12.2. The van der Waals surface area contributed by atoms with Crippen LogP contribution in [0.3, 0.4) is 0 Å². The largest absolute Gasteiger partial charge is 0.394 e. The topological polar surface area (TPSA) is 89.8 Å². The highest BCUT2D eigenvalue weighted by atomic mass is 16.3. The van der Waals surface area contributed by atoms with Gasteiger partial charge in [0.05, 0.1) is 18.8 Å². The predicted octanol–water partition coefficient (Wildman–Crippen LogP) is 6.75. The summed E-state index contributed by atoms with van der Waals surface area (Å²) in [5.41, 5.74) is 0. The van der Waals surface area contributed by atoms with E-state index in [0.717, 1.165) is 44.9 Å². The summed E-state index contributed by atoms with van der Waals surface area (Å²) in [5, 5.41) is 32.6. The summed E-state index contributed by atoms with van der Waals surface area (Å²) >= 11 is 0. The molecule has 0 rings (SSSR count). The molecule has 3 unspecified atom stereocenters. The first-order chi connectivity index (χ1) is 17.1. The SMILES string of the molecule is CCCC/C=C\CCCCCC(O)C(=O)NC(CO)C(O)/C=C/CCCCCCCCCCCC. The number of amides is 1. The molecule has 0 saturated heterocycles. The molecular weight excluding hydrogens is 438 g/mol. The first kappa shape index (κ1) is 33.8. The van der Waals surface area contributed by atoms with Crippen LogP contribution in [0.1, 0.15) is 136 Å². The highest BCUT2D eigenvalue weighted by molar-refractivity contribution is 5.80. The zero-order valence-corrected chi connectivity index (χ0v) is 22.9. The highest BCUT2D eigenvalue weighted by Crippen LogP contribution is 2.12. The van der Waals surface area contributed by atoms with Crippen LogP contribution < -0.4 is 5.32 Å². The monoisotopic (exact) mass is 495 g/mol. The van der Waals surface area contributed by atoms with Gasteiger partial charge in [-0.25, -0.2) is 0 Å². The molecule has 0 aliphatic carbocycles. The molecule has 0 aromatic rings. The zero-order chi connectivity index (χ0) is 26.0. The third-order valence-electron chi connectivity index (χ3n) is 6.54. The third kappa shape index (κ3) is 21.8. The maximum Gasteiger partial charge on any atom is 0.249 e. The van der Waals surface area contributed by atoms with E-state index in [4.69, 9.17) is 0 Å².